The minimum absolute atomic E-state index is 0.0397. The van der Waals surface area contributed by atoms with Gasteiger partial charge in [-0.3, -0.25) is 0 Å². The highest BCUT2D eigenvalue weighted by molar-refractivity contribution is 5.89. The van der Waals surface area contributed by atoms with E-state index in [1.54, 1.807) is 38.5 Å². The summed E-state index contributed by atoms with van der Waals surface area (Å²) in [6, 6.07) is 18.5. The number of ether oxygens (including phenoxy) is 4. The first-order valence-electron chi connectivity index (χ1n) is 8.94. The highest BCUT2D eigenvalue weighted by Gasteiger charge is 2.14. The molecule has 0 bridgehead atoms. The van der Waals surface area contributed by atoms with Crippen molar-refractivity contribution in [1.29, 1.82) is 0 Å². The van der Waals surface area contributed by atoms with E-state index in [1.807, 2.05) is 24.3 Å². The molecule has 0 heterocycles. The van der Waals surface area contributed by atoms with Crippen molar-refractivity contribution in [1.82, 2.24) is 0 Å². The fraction of sp³-hybridized carbons (Fsp3) is 0.174. The maximum absolute atomic E-state index is 14.3. The van der Waals surface area contributed by atoms with E-state index in [0.29, 0.717) is 11.5 Å². The van der Waals surface area contributed by atoms with Gasteiger partial charge in [-0.05, 0) is 47.5 Å². The summed E-state index contributed by atoms with van der Waals surface area (Å²) in [5.41, 5.74) is 1.54. The van der Waals surface area contributed by atoms with Crippen LogP contribution in [0.2, 0.25) is 0 Å². The maximum Gasteiger partial charge on any atom is 0.341 e. The van der Waals surface area contributed by atoms with Gasteiger partial charge in [-0.2, -0.15) is 0 Å². The van der Waals surface area contributed by atoms with Crippen LogP contribution in [0.4, 0.5) is 4.39 Å². The van der Waals surface area contributed by atoms with Crippen LogP contribution in [-0.2, 0) is 18.0 Å². The number of carbonyl (C=O) groups is 1. The molecule has 3 rings (SSSR count). The van der Waals surface area contributed by atoms with Gasteiger partial charge in [0.2, 0.25) is 0 Å². The first-order chi connectivity index (χ1) is 14.1. The third-order valence-corrected chi connectivity index (χ3v) is 4.25. The normalized spacial score (nSPS) is 10.3. The van der Waals surface area contributed by atoms with Crippen LogP contribution in [0.15, 0.2) is 66.7 Å². The summed E-state index contributed by atoms with van der Waals surface area (Å²) in [5, 5.41) is 0. The van der Waals surface area contributed by atoms with Crippen LogP contribution >= 0.6 is 0 Å². The second kappa shape index (κ2) is 9.59. The molecular weight excluding hydrogens is 375 g/mol. The molecule has 0 amide bonds. The molecule has 3 aromatic rings. The van der Waals surface area contributed by atoms with Crippen molar-refractivity contribution in [3.8, 4) is 17.2 Å². The number of esters is 1. The van der Waals surface area contributed by atoms with Crippen molar-refractivity contribution in [2.24, 2.45) is 0 Å². The molecule has 150 valence electrons. The Hall–Kier alpha value is -3.54. The molecule has 29 heavy (non-hydrogen) atoms. The number of hydrogen-bond acceptors (Lipinski definition) is 5. The summed E-state index contributed by atoms with van der Waals surface area (Å²) in [5.74, 6) is 0.343. The van der Waals surface area contributed by atoms with Crippen molar-refractivity contribution in [2.45, 2.75) is 13.2 Å². The zero-order valence-electron chi connectivity index (χ0n) is 16.2. The Labute approximate surface area is 168 Å². The van der Waals surface area contributed by atoms with Crippen LogP contribution in [-0.4, -0.2) is 20.2 Å². The van der Waals surface area contributed by atoms with E-state index < -0.39 is 11.8 Å². The van der Waals surface area contributed by atoms with Crippen molar-refractivity contribution < 1.29 is 28.1 Å². The first kappa shape index (κ1) is 20.2. The average molecular weight is 396 g/mol. The summed E-state index contributed by atoms with van der Waals surface area (Å²) in [7, 11) is 3.17. The van der Waals surface area contributed by atoms with Crippen LogP contribution in [0.1, 0.15) is 21.5 Å². The topological polar surface area (TPSA) is 54.0 Å². The molecule has 0 radical (unpaired) electrons. The number of hydrogen-bond donors (Lipinski definition) is 0. The predicted octanol–water partition coefficient (Wildman–Crippen LogP) is 4.78. The fourth-order valence-electron chi connectivity index (χ4n) is 2.59. The van der Waals surface area contributed by atoms with Crippen LogP contribution in [0.25, 0.3) is 0 Å². The Morgan fingerprint density at radius 1 is 0.759 bits per heavy atom. The highest BCUT2D eigenvalue weighted by Crippen LogP contribution is 2.20. The number of methoxy groups -OCH3 is 2. The van der Waals surface area contributed by atoms with Gasteiger partial charge in [-0.15, -0.1) is 0 Å². The quantitative estimate of drug-likeness (QED) is 0.513. The third kappa shape index (κ3) is 5.48. The smallest absolute Gasteiger partial charge is 0.341 e. The van der Waals surface area contributed by atoms with Gasteiger partial charge in [-0.1, -0.05) is 24.3 Å². The molecule has 0 atom stereocenters. The molecule has 0 unspecified atom stereocenters. The van der Waals surface area contributed by atoms with Crippen LogP contribution in [0.5, 0.6) is 17.2 Å². The van der Waals surface area contributed by atoms with Crippen LogP contribution < -0.4 is 14.2 Å². The number of rotatable bonds is 8. The molecule has 5 nitrogen and oxygen atoms in total. The molecule has 0 fully saturated rings. The lowest BCUT2D eigenvalue weighted by Gasteiger charge is -2.10. The number of halogens is 1. The summed E-state index contributed by atoms with van der Waals surface area (Å²) >= 11 is 0. The van der Waals surface area contributed by atoms with E-state index in [2.05, 4.69) is 0 Å². The van der Waals surface area contributed by atoms with Crippen LogP contribution in [0.3, 0.4) is 0 Å². The number of carbonyl (C=O) groups excluding carboxylic acids is 1. The van der Waals surface area contributed by atoms with Gasteiger partial charge in [0.05, 0.1) is 19.8 Å². The lowest BCUT2D eigenvalue weighted by atomic mass is 10.2. The van der Waals surface area contributed by atoms with Crippen LogP contribution in [0, 0.1) is 5.82 Å². The minimum atomic E-state index is -0.736. The predicted molar refractivity (Wildman–Crippen MR) is 106 cm³/mol. The summed E-state index contributed by atoms with van der Waals surface area (Å²) in [6.07, 6.45) is 0. The zero-order valence-corrected chi connectivity index (χ0v) is 16.2. The molecule has 6 heteroatoms. The molecule has 0 aliphatic rings. The molecule has 0 aliphatic heterocycles. The monoisotopic (exact) mass is 396 g/mol. The van der Waals surface area contributed by atoms with Gasteiger partial charge in [0, 0.05) is 6.07 Å². The number of benzene rings is 3. The Morgan fingerprint density at radius 3 is 1.79 bits per heavy atom. The zero-order chi connectivity index (χ0) is 20.6. The molecule has 0 aromatic heterocycles. The van der Waals surface area contributed by atoms with E-state index in [4.69, 9.17) is 18.9 Å². The summed E-state index contributed by atoms with van der Waals surface area (Å²) < 4.78 is 35.3. The van der Waals surface area contributed by atoms with Gasteiger partial charge >= 0.3 is 5.97 Å². The molecule has 3 aromatic carbocycles. The SMILES string of the molecule is COc1ccc(COC(=O)c2ccc(OCc3ccc(OC)cc3)cc2F)cc1. The van der Waals surface area contributed by atoms with Crippen molar-refractivity contribution >= 4 is 5.97 Å². The largest absolute Gasteiger partial charge is 0.497 e. The molecule has 0 saturated carbocycles. The standard InChI is InChI=1S/C23H21FO5/c1-26-18-7-3-16(4-8-18)14-28-20-11-12-21(22(24)13-20)23(25)29-15-17-5-9-19(27-2)10-6-17/h3-13H,14-15H2,1-2H3. The van der Waals surface area contributed by atoms with E-state index in [-0.39, 0.29) is 18.8 Å². The van der Waals surface area contributed by atoms with Gasteiger partial charge in [-0.25, -0.2) is 9.18 Å². The molecule has 0 N–H and O–H groups in total. The Kier molecular flexibility index (Phi) is 6.68. The van der Waals surface area contributed by atoms with E-state index >= 15 is 0 Å². The molecular formula is C23H21FO5. The van der Waals surface area contributed by atoms with Gasteiger partial charge in [0.1, 0.15) is 36.3 Å². The van der Waals surface area contributed by atoms with Crippen molar-refractivity contribution in [2.75, 3.05) is 14.2 Å². The molecule has 0 aliphatic carbocycles. The first-order valence-corrected chi connectivity index (χ1v) is 8.94. The van der Waals surface area contributed by atoms with E-state index in [9.17, 15) is 9.18 Å². The van der Waals surface area contributed by atoms with Gasteiger partial charge in [0.25, 0.3) is 0 Å². The second-order valence-corrected chi connectivity index (χ2v) is 6.20. The second-order valence-electron chi connectivity index (χ2n) is 6.20. The van der Waals surface area contributed by atoms with Gasteiger partial charge < -0.3 is 18.9 Å². The van der Waals surface area contributed by atoms with Crippen molar-refractivity contribution in [3.63, 3.8) is 0 Å². The lowest BCUT2D eigenvalue weighted by Crippen LogP contribution is -2.08. The molecule has 0 saturated heterocycles. The van der Waals surface area contributed by atoms with E-state index in [1.165, 1.54) is 18.2 Å². The molecule has 0 spiro atoms. The lowest BCUT2D eigenvalue weighted by molar-refractivity contribution is 0.0467. The average Bonchev–Trinajstić information content (AvgIpc) is 2.76. The summed E-state index contributed by atoms with van der Waals surface area (Å²) in [4.78, 5) is 12.2. The third-order valence-electron chi connectivity index (χ3n) is 4.25. The van der Waals surface area contributed by atoms with E-state index in [0.717, 1.165) is 16.9 Å². The summed E-state index contributed by atoms with van der Waals surface area (Å²) in [6.45, 7) is 0.308. The fourth-order valence-corrected chi connectivity index (χ4v) is 2.59. The Morgan fingerprint density at radius 2 is 1.28 bits per heavy atom. The van der Waals surface area contributed by atoms with Gasteiger partial charge in [0.15, 0.2) is 0 Å². The Balaban J connectivity index is 1.56. The van der Waals surface area contributed by atoms with Crippen molar-refractivity contribution in [3.05, 3.63) is 89.2 Å². The maximum atomic E-state index is 14.3. The minimum Gasteiger partial charge on any atom is -0.497 e. The Bertz CT molecular complexity index is 952. The highest BCUT2D eigenvalue weighted by atomic mass is 19.1.